The smallest absolute Gasteiger partial charge is 0.265 e. The predicted molar refractivity (Wildman–Crippen MR) is 72.1 cm³/mol. The lowest BCUT2D eigenvalue weighted by Crippen LogP contribution is -2.35. The van der Waals surface area contributed by atoms with E-state index in [0.29, 0.717) is 18.1 Å². The van der Waals surface area contributed by atoms with Crippen LogP contribution in [-0.2, 0) is 0 Å². The SMILES string of the molecule is Cl.Fc1ccc(C2CCCN(c3ncon3)C2)c(F)c1. The summed E-state index contributed by atoms with van der Waals surface area (Å²) in [5.41, 5.74) is 0.551. The van der Waals surface area contributed by atoms with Gasteiger partial charge in [0.1, 0.15) is 11.6 Å². The summed E-state index contributed by atoms with van der Waals surface area (Å²) in [5, 5.41) is 3.79. The Labute approximate surface area is 121 Å². The molecule has 7 heteroatoms. The molecule has 2 heterocycles. The Morgan fingerprint density at radius 3 is 2.85 bits per heavy atom. The quantitative estimate of drug-likeness (QED) is 0.854. The summed E-state index contributed by atoms with van der Waals surface area (Å²) in [5.74, 6) is -0.493. The number of piperidine rings is 1. The molecule has 0 saturated carbocycles. The topological polar surface area (TPSA) is 42.2 Å². The molecule has 1 aromatic carbocycles. The standard InChI is InChI=1S/C13H13F2N3O.ClH/c14-10-3-4-11(12(15)6-10)9-2-1-5-18(7-9)13-16-8-19-17-13;/h3-4,6,8-9H,1-2,5,7H2;1H. The first-order chi connectivity index (χ1) is 9.24. The van der Waals surface area contributed by atoms with Crippen LogP contribution in [0, 0.1) is 11.6 Å². The van der Waals surface area contributed by atoms with Crippen LogP contribution in [0.2, 0.25) is 0 Å². The highest BCUT2D eigenvalue weighted by Gasteiger charge is 2.25. The van der Waals surface area contributed by atoms with Gasteiger partial charge in [-0.3, -0.25) is 0 Å². The van der Waals surface area contributed by atoms with Crippen molar-refractivity contribution >= 4 is 18.4 Å². The van der Waals surface area contributed by atoms with E-state index in [1.807, 2.05) is 4.90 Å². The van der Waals surface area contributed by atoms with E-state index in [0.717, 1.165) is 25.5 Å². The van der Waals surface area contributed by atoms with Gasteiger partial charge in [-0.25, -0.2) is 8.78 Å². The van der Waals surface area contributed by atoms with E-state index in [9.17, 15) is 8.78 Å². The number of anilines is 1. The lowest BCUT2D eigenvalue weighted by molar-refractivity contribution is 0.410. The average molecular weight is 302 g/mol. The zero-order valence-corrected chi connectivity index (χ0v) is 11.4. The van der Waals surface area contributed by atoms with Crippen LogP contribution >= 0.6 is 12.4 Å². The lowest BCUT2D eigenvalue weighted by atomic mass is 9.90. The second kappa shape index (κ2) is 6.17. The van der Waals surface area contributed by atoms with Gasteiger partial charge in [0.25, 0.3) is 5.95 Å². The number of hydrogen-bond donors (Lipinski definition) is 0. The summed E-state index contributed by atoms with van der Waals surface area (Å²) in [6.45, 7) is 1.43. The third-order valence-electron chi connectivity index (χ3n) is 3.46. The molecule has 1 unspecified atom stereocenters. The first kappa shape index (κ1) is 14.7. The zero-order chi connectivity index (χ0) is 13.2. The van der Waals surface area contributed by atoms with Gasteiger partial charge in [-0.1, -0.05) is 6.07 Å². The number of aromatic nitrogens is 2. The second-order valence-electron chi connectivity index (χ2n) is 4.68. The minimum absolute atomic E-state index is 0. The first-order valence-electron chi connectivity index (χ1n) is 6.20. The minimum atomic E-state index is -0.549. The summed E-state index contributed by atoms with van der Waals surface area (Å²) >= 11 is 0. The van der Waals surface area contributed by atoms with E-state index in [-0.39, 0.29) is 18.3 Å². The maximum Gasteiger partial charge on any atom is 0.265 e. The van der Waals surface area contributed by atoms with Gasteiger partial charge in [0.15, 0.2) is 0 Å². The fraction of sp³-hybridized carbons (Fsp3) is 0.385. The molecule has 0 spiro atoms. The van der Waals surface area contributed by atoms with Crippen molar-refractivity contribution in [1.82, 2.24) is 10.1 Å². The van der Waals surface area contributed by atoms with Crippen LogP contribution in [0.4, 0.5) is 14.7 Å². The van der Waals surface area contributed by atoms with E-state index in [4.69, 9.17) is 4.52 Å². The summed E-state index contributed by atoms with van der Waals surface area (Å²) in [7, 11) is 0. The molecule has 0 aliphatic carbocycles. The highest BCUT2D eigenvalue weighted by molar-refractivity contribution is 5.85. The highest BCUT2D eigenvalue weighted by atomic mass is 35.5. The van der Waals surface area contributed by atoms with Gasteiger partial charge in [0.05, 0.1) is 0 Å². The number of benzene rings is 1. The van der Waals surface area contributed by atoms with Gasteiger partial charge in [-0.05, 0) is 29.6 Å². The van der Waals surface area contributed by atoms with E-state index in [1.165, 1.54) is 18.5 Å². The van der Waals surface area contributed by atoms with Crippen molar-refractivity contribution in [3.63, 3.8) is 0 Å². The van der Waals surface area contributed by atoms with Gasteiger partial charge in [-0.15, -0.1) is 12.4 Å². The molecular weight excluding hydrogens is 288 g/mol. The maximum atomic E-state index is 13.8. The second-order valence-corrected chi connectivity index (χ2v) is 4.68. The van der Waals surface area contributed by atoms with Crippen LogP contribution in [-0.4, -0.2) is 23.2 Å². The van der Waals surface area contributed by atoms with Gasteiger partial charge in [0, 0.05) is 25.1 Å². The molecule has 0 bridgehead atoms. The van der Waals surface area contributed by atoms with Crippen molar-refractivity contribution in [3.8, 4) is 0 Å². The Bertz CT molecular complexity index is 565. The van der Waals surface area contributed by atoms with Crippen LogP contribution in [0.1, 0.15) is 24.3 Å². The largest absolute Gasteiger partial charge is 0.341 e. The molecule has 1 aliphatic rings. The fourth-order valence-corrected chi connectivity index (χ4v) is 2.55. The number of halogens is 3. The Kier molecular flexibility index (Phi) is 4.54. The van der Waals surface area contributed by atoms with E-state index in [1.54, 1.807) is 0 Å². The lowest BCUT2D eigenvalue weighted by Gasteiger charge is -2.32. The van der Waals surface area contributed by atoms with Crippen molar-refractivity contribution in [3.05, 3.63) is 41.8 Å². The van der Waals surface area contributed by atoms with Crippen LogP contribution in [0.15, 0.2) is 29.1 Å². The third kappa shape index (κ3) is 2.90. The molecular formula is C13H14ClF2N3O. The van der Waals surface area contributed by atoms with Crippen molar-refractivity contribution in [2.75, 3.05) is 18.0 Å². The molecule has 3 rings (SSSR count). The van der Waals surface area contributed by atoms with E-state index < -0.39 is 11.6 Å². The van der Waals surface area contributed by atoms with Gasteiger partial charge in [0.2, 0.25) is 6.39 Å². The molecule has 108 valence electrons. The Morgan fingerprint density at radius 2 is 2.15 bits per heavy atom. The number of nitrogens with zero attached hydrogens (tertiary/aromatic N) is 3. The summed E-state index contributed by atoms with van der Waals surface area (Å²) in [6, 6.07) is 3.75. The molecule has 4 nitrogen and oxygen atoms in total. The zero-order valence-electron chi connectivity index (χ0n) is 10.6. The minimum Gasteiger partial charge on any atom is -0.341 e. The number of hydrogen-bond acceptors (Lipinski definition) is 4. The molecule has 1 aromatic heterocycles. The molecule has 0 radical (unpaired) electrons. The summed E-state index contributed by atoms with van der Waals surface area (Å²) in [4.78, 5) is 5.96. The van der Waals surface area contributed by atoms with Crippen LogP contribution in [0.3, 0.4) is 0 Å². The maximum absolute atomic E-state index is 13.8. The molecule has 20 heavy (non-hydrogen) atoms. The molecule has 1 fully saturated rings. The van der Waals surface area contributed by atoms with Crippen LogP contribution in [0.25, 0.3) is 0 Å². The van der Waals surface area contributed by atoms with Crippen molar-refractivity contribution in [1.29, 1.82) is 0 Å². The normalized spacial score (nSPS) is 18.7. The van der Waals surface area contributed by atoms with E-state index in [2.05, 4.69) is 10.1 Å². The van der Waals surface area contributed by atoms with Crippen LogP contribution in [0.5, 0.6) is 0 Å². The molecule has 2 aromatic rings. The summed E-state index contributed by atoms with van der Waals surface area (Å²) in [6.07, 6.45) is 3.06. The Morgan fingerprint density at radius 1 is 1.30 bits per heavy atom. The Balaban J connectivity index is 0.00000147. The van der Waals surface area contributed by atoms with Crippen LogP contribution < -0.4 is 4.90 Å². The molecule has 0 N–H and O–H groups in total. The molecule has 1 saturated heterocycles. The van der Waals surface area contributed by atoms with Crippen molar-refractivity contribution in [2.24, 2.45) is 0 Å². The highest BCUT2D eigenvalue weighted by Crippen LogP contribution is 2.30. The molecule has 1 aliphatic heterocycles. The first-order valence-corrected chi connectivity index (χ1v) is 6.20. The molecule has 0 amide bonds. The summed E-state index contributed by atoms with van der Waals surface area (Å²) < 4.78 is 31.4. The Hall–Kier alpha value is -1.69. The van der Waals surface area contributed by atoms with Gasteiger partial charge >= 0.3 is 0 Å². The van der Waals surface area contributed by atoms with Gasteiger partial charge < -0.3 is 9.42 Å². The van der Waals surface area contributed by atoms with Crippen molar-refractivity contribution < 1.29 is 13.3 Å². The third-order valence-corrected chi connectivity index (χ3v) is 3.46. The molecule has 1 atom stereocenters. The fourth-order valence-electron chi connectivity index (χ4n) is 2.55. The monoisotopic (exact) mass is 301 g/mol. The average Bonchev–Trinajstić information content (AvgIpc) is 2.93. The van der Waals surface area contributed by atoms with Crippen molar-refractivity contribution in [2.45, 2.75) is 18.8 Å². The number of rotatable bonds is 2. The van der Waals surface area contributed by atoms with E-state index >= 15 is 0 Å². The van der Waals surface area contributed by atoms with Gasteiger partial charge in [-0.2, -0.15) is 4.98 Å². The predicted octanol–water partition coefficient (Wildman–Crippen LogP) is 3.15.